The van der Waals surface area contributed by atoms with Crippen molar-refractivity contribution in [1.82, 2.24) is 5.16 Å². The molecule has 4 heteroatoms. The van der Waals surface area contributed by atoms with Gasteiger partial charge in [-0.25, -0.2) is 0 Å². The van der Waals surface area contributed by atoms with E-state index in [-0.39, 0.29) is 5.92 Å². The van der Waals surface area contributed by atoms with Crippen LogP contribution in [0.4, 0.5) is 0 Å². The molecule has 4 nitrogen and oxygen atoms in total. The van der Waals surface area contributed by atoms with Crippen LogP contribution in [0, 0.1) is 5.92 Å². The third-order valence-corrected chi connectivity index (χ3v) is 3.38. The van der Waals surface area contributed by atoms with Crippen LogP contribution >= 0.6 is 0 Å². The number of carbonyl (C=O) groups is 1. The molecule has 1 unspecified atom stereocenters. The molecule has 1 fully saturated rings. The number of carboxylic acid groups (broad SMARTS) is 1. The molecule has 0 bridgehead atoms. The maximum atomic E-state index is 10.9. The van der Waals surface area contributed by atoms with Crippen molar-refractivity contribution in [2.45, 2.75) is 38.0 Å². The fourth-order valence-corrected chi connectivity index (χ4v) is 2.31. The number of rotatable bonds is 2. The van der Waals surface area contributed by atoms with Crippen LogP contribution in [0.3, 0.4) is 0 Å². The topological polar surface area (TPSA) is 63.3 Å². The summed E-state index contributed by atoms with van der Waals surface area (Å²) >= 11 is 0. The first-order valence-corrected chi connectivity index (χ1v) is 5.46. The summed E-state index contributed by atoms with van der Waals surface area (Å²) in [5, 5.41) is 13.1. The smallest absolute Gasteiger partial charge is 0.306 e. The van der Waals surface area contributed by atoms with Gasteiger partial charge in [-0.2, -0.15) is 0 Å². The van der Waals surface area contributed by atoms with Gasteiger partial charge in [-0.1, -0.05) is 5.16 Å². The molecule has 1 N–H and O–H groups in total. The van der Waals surface area contributed by atoms with Crippen molar-refractivity contribution in [3.63, 3.8) is 0 Å². The average molecular weight is 207 g/mol. The van der Waals surface area contributed by atoms with Gasteiger partial charge in [-0.3, -0.25) is 4.79 Å². The molecule has 0 saturated heterocycles. The van der Waals surface area contributed by atoms with E-state index in [1.807, 2.05) is 0 Å². The lowest BCUT2D eigenvalue weighted by Crippen LogP contribution is -2.21. The Morgan fingerprint density at radius 1 is 1.40 bits per heavy atom. The second kappa shape index (κ2) is 3.08. The first-order chi connectivity index (χ1) is 7.25. The lowest BCUT2D eigenvalue weighted by atomic mass is 9.86. The molecule has 1 aromatic heterocycles. The number of aliphatic carboxylic acids is 1. The van der Waals surface area contributed by atoms with Crippen LogP contribution in [-0.4, -0.2) is 16.2 Å². The second-order valence-electron chi connectivity index (χ2n) is 4.52. The molecule has 15 heavy (non-hydrogen) atoms. The number of aryl methyl sites for hydroxylation is 1. The van der Waals surface area contributed by atoms with Crippen LogP contribution in [0.15, 0.2) is 4.52 Å². The van der Waals surface area contributed by atoms with E-state index < -0.39 is 5.97 Å². The normalized spacial score (nSPS) is 24.9. The molecule has 0 radical (unpaired) electrons. The van der Waals surface area contributed by atoms with Gasteiger partial charge in [0.15, 0.2) is 0 Å². The molecule has 3 rings (SSSR count). The first-order valence-electron chi connectivity index (χ1n) is 5.46. The zero-order chi connectivity index (χ0) is 10.4. The van der Waals surface area contributed by atoms with E-state index in [9.17, 15) is 4.79 Å². The van der Waals surface area contributed by atoms with E-state index >= 15 is 0 Å². The average Bonchev–Trinajstić information content (AvgIpc) is 2.98. The number of carboxylic acids is 1. The minimum atomic E-state index is -0.691. The quantitative estimate of drug-likeness (QED) is 0.802. The van der Waals surface area contributed by atoms with Crippen LogP contribution in [0.1, 0.15) is 42.2 Å². The van der Waals surface area contributed by atoms with Crippen molar-refractivity contribution >= 4 is 5.97 Å². The number of fused-ring (bicyclic) bond motifs is 1. The van der Waals surface area contributed by atoms with Gasteiger partial charge in [0, 0.05) is 17.9 Å². The standard InChI is InChI=1S/C11H13NO3/c13-11(14)7-3-4-9-8(5-7)10(12-15-9)6-1-2-6/h6-7H,1-5H2,(H,13,14). The number of aromatic nitrogens is 1. The van der Waals surface area contributed by atoms with Gasteiger partial charge < -0.3 is 9.63 Å². The van der Waals surface area contributed by atoms with Crippen LogP contribution in [0.25, 0.3) is 0 Å². The molecule has 0 amide bonds. The summed E-state index contributed by atoms with van der Waals surface area (Å²) in [6, 6.07) is 0. The third kappa shape index (κ3) is 1.44. The van der Waals surface area contributed by atoms with Gasteiger partial charge in [0.1, 0.15) is 5.76 Å². The summed E-state index contributed by atoms with van der Waals surface area (Å²) in [4.78, 5) is 10.9. The van der Waals surface area contributed by atoms with Crippen molar-refractivity contribution in [2.75, 3.05) is 0 Å². The fourth-order valence-electron chi connectivity index (χ4n) is 2.31. The molecular formula is C11H13NO3. The fraction of sp³-hybridized carbons (Fsp3) is 0.636. The summed E-state index contributed by atoms with van der Waals surface area (Å²) in [7, 11) is 0. The summed E-state index contributed by atoms with van der Waals surface area (Å²) in [5.74, 6) is 0.539. The van der Waals surface area contributed by atoms with E-state index in [2.05, 4.69) is 5.16 Å². The highest BCUT2D eigenvalue weighted by atomic mass is 16.5. The Kier molecular flexibility index (Phi) is 1.84. The summed E-state index contributed by atoms with van der Waals surface area (Å²) < 4.78 is 5.27. The predicted molar refractivity (Wildman–Crippen MR) is 51.6 cm³/mol. The van der Waals surface area contributed by atoms with E-state index in [1.54, 1.807) is 0 Å². The van der Waals surface area contributed by atoms with Crippen molar-refractivity contribution in [2.24, 2.45) is 5.92 Å². The zero-order valence-electron chi connectivity index (χ0n) is 8.40. The second-order valence-corrected chi connectivity index (χ2v) is 4.52. The van der Waals surface area contributed by atoms with Crippen molar-refractivity contribution in [3.8, 4) is 0 Å². The van der Waals surface area contributed by atoms with Crippen molar-refractivity contribution in [3.05, 3.63) is 17.0 Å². The van der Waals surface area contributed by atoms with E-state index in [1.165, 1.54) is 12.8 Å². The van der Waals surface area contributed by atoms with Gasteiger partial charge in [-0.15, -0.1) is 0 Å². The Morgan fingerprint density at radius 2 is 2.20 bits per heavy atom. The van der Waals surface area contributed by atoms with Crippen LogP contribution in [0.2, 0.25) is 0 Å². The summed E-state index contributed by atoms with van der Waals surface area (Å²) in [6.45, 7) is 0. The Bertz CT molecular complexity index is 406. The van der Waals surface area contributed by atoms with E-state index in [0.29, 0.717) is 18.8 Å². The molecule has 80 valence electrons. The van der Waals surface area contributed by atoms with Gasteiger partial charge in [0.2, 0.25) is 0 Å². The molecule has 0 aliphatic heterocycles. The van der Waals surface area contributed by atoms with E-state index in [0.717, 1.165) is 23.4 Å². The highest BCUT2D eigenvalue weighted by Crippen LogP contribution is 2.43. The number of hydrogen-bond donors (Lipinski definition) is 1. The Labute approximate surface area is 87.3 Å². The number of hydrogen-bond acceptors (Lipinski definition) is 3. The Morgan fingerprint density at radius 3 is 2.87 bits per heavy atom. The van der Waals surface area contributed by atoms with Crippen LogP contribution in [-0.2, 0) is 17.6 Å². The molecule has 1 saturated carbocycles. The monoisotopic (exact) mass is 207 g/mol. The van der Waals surface area contributed by atoms with E-state index in [4.69, 9.17) is 9.63 Å². The lowest BCUT2D eigenvalue weighted by molar-refractivity contribution is -0.142. The molecular weight excluding hydrogens is 194 g/mol. The SMILES string of the molecule is O=C(O)C1CCc2onc(C3CC3)c2C1. The van der Waals surface area contributed by atoms with Crippen LogP contribution in [0.5, 0.6) is 0 Å². The van der Waals surface area contributed by atoms with Crippen molar-refractivity contribution < 1.29 is 14.4 Å². The highest BCUT2D eigenvalue weighted by Gasteiger charge is 2.35. The Hall–Kier alpha value is -1.32. The summed E-state index contributed by atoms with van der Waals surface area (Å²) in [6.07, 6.45) is 4.38. The minimum Gasteiger partial charge on any atom is -0.481 e. The molecule has 0 spiro atoms. The first kappa shape index (κ1) is 8.95. The van der Waals surface area contributed by atoms with Gasteiger partial charge in [0.05, 0.1) is 11.6 Å². The zero-order valence-corrected chi connectivity index (χ0v) is 8.40. The Balaban J connectivity index is 1.91. The van der Waals surface area contributed by atoms with Gasteiger partial charge in [-0.05, 0) is 25.7 Å². The molecule has 1 atom stereocenters. The molecule has 1 heterocycles. The van der Waals surface area contributed by atoms with Gasteiger partial charge >= 0.3 is 5.97 Å². The molecule has 2 aliphatic rings. The highest BCUT2D eigenvalue weighted by molar-refractivity contribution is 5.71. The molecule has 2 aliphatic carbocycles. The molecule has 1 aromatic rings. The largest absolute Gasteiger partial charge is 0.481 e. The maximum absolute atomic E-state index is 10.9. The van der Waals surface area contributed by atoms with Crippen LogP contribution < -0.4 is 0 Å². The number of nitrogens with zero attached hydrogens (tertiary/aromatic N) is 1. The van der Waals surface area contributed by atoms with Gasteiger partial charge in [0.25, 0.3) is 0 Å². The maximum Gasteiger partial charge on any atom is 0.306 e. The molecule has 0 aromatic carbocycles. The van der Waals surface area contributed by atoms with Crippen molar-refractivity contribution in [1.29, 1.82) is 0 Å². The minimum absolute atomic E-state index is 0.241. The summed E-state index contributed by atoms with van der Waals surface area (Å²) in [5.41, 5.74) is 2.13. The third-order valence-electron chi connectivity index (χ3n) is 3.38. The lowest BCUT2D eigenvalue weighted by Gasteiger charge is -2.16. The predicted octanol–water partition coefficient (Wildman–Crippen LogP) is 1.74.